The van der Waals surface area contributed by atoms with Crippen LogP contribution < -0.4 is 15.5 Å². The first-order chi connectivity index (χ1) is 21.2. The molecule has 3 aliphatic heterocycles. The van der Waals surface area contributed by atoms with E-state index in [0.717, 1.165) is 87.2 Å². The van der Waals surface area contributed by atoms with Gasteiger partial charge in [-0.2, -0.15) is 5.10 Å². The first-order valence-corrected chi connectivity index (χ1v) is 17.1. The van der Waals surface area contributed by atoms with Gasteiger partial charge < -0.3 is 10.2 Å². The molecular formula is C30H40ClN9O3S. The lowest BCUT2D eigenvalue weighted by molar-refractivity contribution is -0.134. The highest BCUT2D eigenvalue weighted by atomic mass is 35.5. The summed E-state index contributed by atoms with van der Waals surface area (Å²) in [7, 11) is 0.946. The topological polar surface area (TPSA) is 129 Å². The lowest BCUT2D eigenvalue weighted by Gasteiger charge is -2.37. The van der Waals surface area contributed by atoms with Crippen molar-refractivity contribution in [2.24, 2.45) is 7.05 Å². The van der Waals surface area contributed by atoms with Crippen molar-refractivity contribution in [1.82, 2.24) is 34.3 Å². The number of carbonyl (C=O) groups is 2. The molecule has 0 bridgehead atoms. The number of rotatable bonds is 9. The van der Waals surface area contributed by atoms with Gasteiger partial charge in [0.25, 0.3) is 0 Å². The van der Waals surface area contributed by atoms with Gasteiger partial charge in [0.1, 0.15) is 0 Å². The number of benzene rings is 1. The number of nitrogens with one attached hydrogen (secondary N) is 2. The molecular weight excluding hydrogens is 602 g/mol. The molecule has 2 unspecified atom stereocenters. The van der Waals surface area contributed by atoms with Gasteiger partial charge >= 0.3 is 0 Å². The predicted octanol–water partition coefficient (Wildman–Crippen LogP) is 2.60. The van der Waals surface area contributed by atoms with E-state index in [2.05, 4.69) is 53.8 Å². The van der Waals surface area contributed by atoms with Gasteiger partial charge in [0.2, 0.25) is 17.8 Å². The van der Waals surface area contributed by atoms with Gasteiger partial charge in [0, 0.05) is 75.6 Å². The molecule has 236 valence electrons. The molecule has 1 aromatic carbocycles. The van der Waals surface area contributed by atoms with E-state index in [4.69, 9.17) is 16.7 Å². The Morgan fingerprint density at radius 1 is 1.05 bits per heavy atom. The molecule has 3 saturated heterocycles. The van der Waals surface area contributed by atoms with Crippen LogP contribution >= 0.6 is 11.6 Å². The lowest BCUT2D eigenvalue weighted by atomic mass is 9.92. The van der Waals surface area contributed by atoms with Crippen LogP contribution in [0.2, 0.25) is 5.02 Å². The third-order valence-electron chi connectivity index (χ3n) is 8.97. The number of carbonyl (C=O) groups excluding carboxylic acids is 2. The van der Waals surface area contributed by atoms with Crippen molar-refractivity contribution >= 4 is 56.9 Å². The molecule has 3 aliphatic rings. The zero-order valence-electron chi connectivity index (χ0n) is 25.3. The van der Waals surface area contributed by atoms with Gasteiger partial charge in [-0.25, -0.2) is 18.5 Å². The molecule has 0 saturated carbocycles. The quantitative estimate of drug-likeness (QED) is 0.339. The Kier molecular flexibility index (Phi) is 9.45. The van der Waals surface area contributed by atoms with Crippen LogP contribution in [0.3, 0.4) is 0 Å². The second-order valence-corrected chi connectivity index (χ2v) is 14.0. The molecule has 2 N–H and O–H groups in total. The van der Waals surface area contributed by atoms with E-state index in [-0.39, 0.29) is 17.9 Å². The molecule has 0 spiro atoms. The minimum atomic E-state index is -0.965. The Bertz CT molecular complexity index is 1530. The summed E-state index contributed by atoms with van der Waals surface area (Å²) in [6.07, 6.45) is 6.72. The second-order valence-electron chi connectivity index (χ2n) is 11.9. The molecule has 2 amide bonds. The number of anilines is 2. The molecule has 0 aliphatic carbocycles. The van der Waals surface area contributed by atoms with E-state index in [0.29, 0.717) is 29.6 Å². The highest BCUT2D eigenvalue weighted by molar-refractivity contribution is 7.82. The summed E-state index contributed by atoms with van der Waals surface area (Å²) in [6, 6.07) is 4.60. The van der Waals surface area contributed by atoms with Crippen LogP contribution in [0.15, 0.2) is 24.5 Å². The SMILES string of the molecule is Cc1cc2c(C3CCC(=O)NC3=O)nn(C)c2cc1N1CCN(CCCS(=O)N2CCC(Nc3ncc(Cl)cn3)CC2)CC1. The molecule has 3 fully saturated rings. The average Bonchev–Trinajstić information content (AvgIpc) is 3.33. The van der Waals surface area contributed by atoms with Crippen molar-refractivity contribution in [3.8, 4) is 0 Å². The Balaban J connectivity index is 0.960. The van der Waals surface area contributed by atoms with Gasteiger partial charge in [-0.1, -0.05) is 11.6 Å². The van der Waals surface area contributed by atoms with Gasteiger partial charge in [0.15, 0.2) is 0 Å². The smallest absolute Gasteiger partial charge is 0.235 e. The summed E-state index contributed by atoms with van der Waals surface area (Å²) in [4.78, 5) is 37.5. The summed E-state index contributed by atoms with van der Waals surface area (Å²) >= 11 is 5.87. The third-order valence-corrected chi connectivity index (χ3v) is 10.7. The Hall–Kier alpha value is -3.13. The van der Waals surface area contributed by atoms with Crippen molar-refractivity contribution in [3.05, 3.63) is 40.8 Å². The van der Waals surface area contributed by atoms with Crippen LogP contribution in [0.1, 0.15) is 49.3 Å². The maximum Gasteiger partial charge on any atom is 0.235 e. The number of hydrogen-bond donors (Lipinski definition) is 2. The molecule has 44 heavy (non-hydrogen) atoms. The average molecular weight is 642 g/mol. The van der Waals surface area contributed by atoms with E-state index in [1.54, 1.807) is 12.4 Å². The highest BCUT2D eigenvalue weighted by Gasteiger charge is 2.32. The minimum Gasteiger partial charge on any atom is -0.369 e. The summed E-state index contributed by atoms with van der Waals surface area (Å²) in [5, 5.41) is 12.0. The normalized spacial score (nSPS) is 21.5. The van der Waals surface area contributed by atoms with Gasteiger partial charge in [-0.15, -0.1) is 0 Å². The Morgan fingerprint density at radius 3 is 2.48 bits per heavy atom. The first kappa shape index (κ1) is 30.9. The molecule has 5 heterocycles. The van der Waals surface area contributed by atoms with Crippen LogP contribution in [0.4, 0.5) is 11.6 Å². The number of aromatic nitrogens is 4. The van der Waals surface area contributed by atoms with E-state index in [1.165, 1.54) is 5.69 Å². The second kappa shape index (κ2) is 13.5. The Labute approximate surface area is 265 Å². The van der Waals surface area contributed by atoms with Crippen molar-refractivity contribution in [2.75, 3.05) is 61.8 Å². The van der Waals surface area contributed by atoms with E-state index < -0.39 is 16.9 Å². The maximum atomic E-state index is 13.0. The fourth-order valence-electron chi connectivity index (χ4n) is 6.51. The van der Waals surface area contributed by atoms with Crippen LogP contribution in [0.5, 0.6) is 0 Å². The van der Waals surface area contributed by atoms with Crippen LogP contribution in [0, 0.1) is 6.92 Å². The summed E-state index contributed by atoms with van der Waals surface area (Å²) in [5.41, 5.74) is 4.09. The third kappa shape index (κ3) is 6.90. The number of amides is 2. The summed E-state index contributed by atoms with van der Waals surface area (Å²) in [5.74, 6) is 0.391. The zero-order valence-corrected chi connectivity index (χ0v) is 26.9. The number of aryl methyl sites for hydroxylation is 2. The summed E-state index contributed by atoms with van der Waals surface area (Å²) in [6.45, 7) is 8.42. The van der Waals surface area contributed by atoms with Gasteiger partial charge in [-0.05, 0) is 56.8 Å². The number of piperazine rings is 1. The molecule has 2 atom stereocenters. The van der Waals surface area contributed by atoms with Crippen molar-refractivity contribution in [3.63, 3.8) is 0 Å². The van der Waals surface area contributed by atoms with E-state index in [9.17, 15) is 13.8 Å². The van der Waals surface area contributed by atoms with Crippen LogP contribution in [0.25, 0.3) is 10.9 Å². The van der Waals surface area contributed by atoms with Gasteiger partial charge in [0.05, 0.1) is 45.5 Å². The monoisotopic (exact) mass is 641 g/mol. The predicted molar refractivity (Wildman–Crippen MR) is 172 cm³/mol. The van der Waals surface area contributed by atoms with Crippen molar-refractivity contribution < 1.29 is 13.8 Å². The largest absolute Gasteiger partial charge is 0.369 e. The number of hydrogen-bond acceptors (Lipinski definition) is 9. The number of imide groups is 1. The van der Waals surface area contributed by atoms with Crippen molar-refractivity contribution in [2.45, 2.75) is 51.0 Å². The number of piperidine rings is 2. The Morgan fingerprint density at radius 2 is 1.77 bits per heavy atom. The molecule has 14 heteroatoms. The molecule has 2 aromatic heterocycles. The van der Waals surface area contributed by atoms with Crippen LogP contribution in [-0.2, 0) is 27.6 Å². The van der Waals surface area contributed by atoms with Gasteiger partial charge in [-0.3, -0.25) is 24.5 Å². The highest BCUT2D eigenvalue weighted by Crippen LogP contribution is 2.34. The standard InChI is InChI=1S/C30H40ClN9O3S/c1-20-16-24-26(37(2)36-28(24)23-4-5-27(41)35-29(23)42)17-25(20)39-13-11-38(12-14-39)8-3-15-44(43)40-9-6-22(7-10-40)34-30-32-18-21(31)19-33-30/h16-19,22-23H,3-15H2,1-2H3,(H,32,33,34)(H,35,41,42). The number of halogens is 1. The minimum absolute atomic E-state index is 0.215. The molecule has 0 radical (unpaired) electrons. The fraction of sp³-hybridized carbons (Fsp3) is 0.567. The molecule has 3 aromatic rings. The van der Waals surface area contributed by atoms with E-state index in [1.807, 2.05) is 11.7 Å². The van der Waals surface area contributed by atoms with Crippen molar-refractivity contribution in [1.29, 1.82) is 0 Å². The maximum absolute atomic E-state index is 13.0. The number of nitrogens with zero attached hydrogens (tertiary/aromatic N) is 7. The first-order valence-electron chi connectivity index (χ1n) is 15.4. The van der Waals surface area contributed by atoms with E-state index >= 15 is 0 Å². The van der Waals surface area contributed by atoms with Crippen LogP contribution in [-0.4, -0.2) is 103 Å². The molecule has 12 nitrogen and oxygen atoms in total. The lowest BCUT2D eigenvalue weighted by Crippen LogP contribution is -2.47. The molecule has 6 rings (SSSR count). The summed E-state index contributed by atoms with van der Waals surface area (Å²) < 4.78 is 16.9. The number of fused-ring (bicyclic) bond motifs is 1. The zero-order chi connectivity index (χ0) is 30.8. The fourth-order valence-corrected chi connectivity index (χ4v) is 7.86.